The number of benzene rings is 2. The van der Waals surface area contributed by atoms with Gasteiger partial charge in [-0.05, 0) is 36.1 Å². The van der Waals surface area contributed by atoms with Gasteiger partial charge in [0.05, 0.1) is 0 Å². The smallest absolute Gasteiger partial charge is 0.136 e. The number of phenols is 1. The first kappa shape index (κ1) is 14.7. The Bertz CT molecular complexity index is 650. The van der Waals surface area contributed by atoms with Gasteiger partial charge in [-0.1, -0.05) is 54.3 Å². The van der Waals surface area contributed by atoms with Crippen molar-refractivity contribution in [1.29, 1.82) is 0 Å². The Balaban J connectivity index is 1.75. The molecule has 2 nitrogen and oxygen atoms in total. The standard InChI is InChI=1S/C17H19NOS2/c19-16-9-8-13-6-2-3-7-14(13)15(16)12-21-17(20)18-10-4-1-5-11-18/h2-3,6-9,19H,1,4-5,10-12H2. The summed E-state index contributed by atoms with van der Waals surface area (Å²) in [6.45, 7) is 2.15. The third-order valence-corrected chi connectivity index (χ3v) is 5.52. The predicted octanol–water partition coefficient (Wildman–Crippen LogP) is 4.55. The van der Waals surface area contributed by atoms with Gasteiger partial charge >= 0.3 is 0 Å². The molecule has 1 fully saturated rings. The van der Waals surface area contributed by atoms with Crippen LogP contribution in [-0.4, -0.2) is 27.4 Å². The van der Waals surface area contributed by atoms with Gasteiger partial charge in [-0.2, -0.15) is 0 Å². The molecular weight excluding hydrogens is 298 g/mol. The molecule has 0 saturated carbocycles. The van der Waals surface area contributed by atoms with Crippen LogP contribution < -0.4 is 0 Å². The van der Waals surface area contributed by atoms with Crippen LogP contribution in [0.1, 0.15) is 24.8 Å². The van der Waals surface area contributed by atoms with Crippen molar-refractivity contribution in [3.63, 3.8) is 0 Å². The molecule has 0 radical (unpaired) electrons. The number of nitrogens with zero attached hydrogens (tertiary/aromatic N) is 1. The average molecular weight is 317 g/mol. The molecule has 21 heavy (non-hydrogen) atoms. The number of phenolic OH excluding ortho intramolecular Hbond substituents is 1. The van der Waals surface area contributed by atoms with Gasteiger partial charge in [0.2, 0.25) is 0 Å². The van der Waals surface area contributed by atoms with Gasteiger partial charge in [0.25, 0.3) is 0 Å². The molecule has 0 unspecified atom stereocenters. The lowest BCUT2D eigenvalue weighted by Gasteiger charge is -2.28. The van der Waals surface area contributed by atoms with E-state index in [1.54, 1.807) is 17.8 Å². The molecule has 0 amide bonds. The Morgan fingerprint density at radius 3 is 2.67 bits per heavy atom. The van der Waals surface area contributed by atoms with E-state index in [-0.39, 0.29) is 0 Å². The van der Waals surface area contributed by atoms with Crippen LogP contribution in [0, 0.1) is 0 Å². The summed E-state index contributed by atoms with van der Waals surface area (Å²) in [5, 5.41) is 12.4. The minimum absolute atomic E-state index is 0.364. The van der Waals surface area contributed by atoms with Crippen LogP contribution in [0.15, 0.2) is 36.4 Å². The zero-order chi connectivity index (χ0) is 14.7. The van der Waals surface area contributed by atoms with Crippen molar-refractivity contribution in [2.24, 2.45) is 0 Å². The summed E-state index contributed by atoms with van der Waals surface area (Å²) in [5.74, 6) is 1.09. The van der Waals surface area contributed by atoms with Crippen LogP contribution in [0.4, 0.5) is 0 Å². The van der Waals surface area contributed by atoms with E-state index in [1.807, 2.05) is 18.2 Å². The lowest BCUT2D eigenvalue weighted by molar-refractivity contribution is 0.352. The predicted molar refractivity (Wildman–Crippen MR) is 94.9 cm³/mol. The molecule has 0 spiro atoms. The summed E-state index contributed by atoms with van der Waals surface area (Å²) < 4.78 is 0.960. The van der Waals surface area contributed by atoms with Crippen molar-refractivity contribution in [2.45, 2.75) is 25.0 Å². The molecule has 110 valence electrons. The number of likely N-dealkylation sites (tertiary alicyclic amines) is 1. The minimum atomic E-state index is 0.364. The number of hydrogen-bond acceptors (Lipinski definition) is 3. The monoisotopic (exact) mass is 317 g/mol. The molecule has 0 aliphatic carbocycles. The Morgan fingerprint density at radius 2 is 1.86 bits per heavy atom. The van der Waals surface area contributed by atoms with Gasteiger partial charge in [-0.25, -0.2) is 0 Å². The van der Waals surface area contributed by atoms with Crippen molar-refractivity contribution in [3.05, 3.63) is 42.0 Å². The highest BCUT2D eigenvalue weighted by molar-refractivity contribution is 8.22. The minimum Gasteiger partial charge on any atom is -0.508 e. The molecule has 0 bridgehead atoms. The Morgan fingerprint density at radius 1 is 1.10 bits per heavy atom. The summed E-state index contributed by atoms with van der Waals surface area (Å²) in [6.07, 6.45) is 3.79. The van der Waals surface area contributed by atoms with Crippen molar-refractivity contribution in [1.82, 2.24) is 4.90 Å². The summed E-state index contributed by atoms with van der Waals surface area (Å²) in [5.41, 5.74) is 0.984. The normalized spacial score (nSPS) is 15.3. The van der Waals surface area contributed by atoms with Crippen molar-refractivity contribution in [2.75, 3.05) is 13.1 Å². The first-order valence-corrected chi connectivity index (χ1v) is 8.76. The Kier molecular flexibility index (Phi) is 4.66. The molecule has 1 N–H and O–H groups in total. The second-order valence-corrected chi connectivity index (χ2v) is 7.00. The topological polar surface area (TPSA) is 23.5 Å². The van der Waals surface area contributed by atoms with Gasteiger partial charge < -0.3 is 10.0 Å². The molecule has 0 aromatic heterocycles. The fourth-order valence-electron chi connectivity index (χ4n) is 2.78. The lowest BCUT2D eigenvalue weighted by atomic mass is 10.0. The molecule has 1 aliphatic rings. The van der Waals surface area contributed by atoms with E-state index in [4.69, 9.17) is 12.2 Å². The summed E-state index contributed by atoms with van der Waals surface area (Å²) >= 11 is 7.21. The van der Waals surface area contributed by atoms with Gasteiger partial charge in [-0.15, -0.1) is 0 Å². The number of fused-ring (bicyclic) bond motifs is 1. The molecular formula is C17H19NOS2. The van der Waals surface area contributed by atoms with E-state index < -0.39 is 0 Å². The van der Waals surface area contributed by atoms with Crippen LogP contribution in [0.3, 0.4) is 0 Å². The third kappa shape index (κ3) is 3.33. The quantitative estimate of drug-likeness (QED) is 0.821. The summed E-state index contributed by atoms with van der Waals surface area (Å²) in [6, 6.07) is 11.9. The van der Waals surface area contributed by atoms with Gasteiger partial charge in [0, 0.05) is 24.4 Å². The van der Waals surface area contributed by atoms with E-state index in [1.165, 1.54) is 19.3 Å². The van der Waals surface area contributed by atoms with E-state index >= 15 is 0 Å². The van der Waals surface area contributed by atoms with E-state index in [2.05, 4.69) is 17.0 Å². The average Bonchev–Trinajstić information content (AvgIpc) is 2.54. The first-order chi connectivity index (χ1) is 10.3. The number of aromatic hydroxyl groups is 1. The van der Waals surface area contributed by atoms with Crippen LogP contribution in [0.5, 0.6) is 5.75 Å². The van der Waals surface area contributed by atoms with Crippen molar-refractivity contribution < 1.29 is 5.11 Å². The Labute approximate surface area is 135 Å². The number of thiocarbonyl (C=S) groups is 1. The van der Waals surface area contributed by atoms with Gasteiger partial charge in [0.1, 0.15) is 10.1 Å². The molecule has 3 rings (SSSR count). The highest BCUT2D eigenvalue weighted by Gasteiger charge is 2.15. The molecule has 1 aliphatic heterocycles. The number of piperidine rings is 1. The maximum absolute atomic E-state index is 10.2. The number of rotatable bonds is 2. The molecule has 2 aromatic rings. The molecule has 4 heteroatoms. The fraction of sp³-hybridized carbons (Fsp3) is 0.353. The van der Waals surface area contributed by atoms with Gasteiger partial charge in [0.15, 0.2) is 0 Å². The first-order valence-electron chi connectivity index (χ1n) is 7.37. The van der Waals surface area contributed by atoms with Crippen LogP contribution in [0.2, 0.25) is 0 Å². The third-order valence-electron chi connectivity index (χ3n) is 3.97. The Hall–Kier alpha value is -1.26. The maximum Gasteiger partial charge on any atom is 0.136 e. The molecule has 1 heterocycles. The van der Waals surface area contributed by atoms with E-state index in [9.17, 15) is 5.11 Å². The highest BCUT2D eigenvalue weighted by atomic mass is 32.2. The largest absolute Gasteiger partial charge is 0.508 e. The zero-order valence-corrected chi connectivity index (χ0v) is 13.6. The fourth-order valence-corrected chi connectivity index (χ4v) is 4.07. The lowest BCUT2D eigenvalue weighted by Crippen LogP contribution is -2.32. The van der Waals surface area contributed by atoms with Crippen LogP contribution in [0.25, 0.3) is 10.8 Å². The van der Waals surface area contributed by atoms with Crippen molar-refractivity contribution >= 4 is 39.1 Å². The second kappa shape index (κ2) is 6.67. The molecule has 0 atom stereocenters. The SMILES string of the molecule is Oc1ccc2ccccc2c1CSC(=S)N1CCCCC1. The molecule has 2 aromatic carbocycles. The van der Waals surface area contributed by atoms with Crippen molar-refractivity contribution in [3.8, 4) is 5.75 Å². The summed E-state index contributed by atoms with van der Waals surface area (Å²) in [4.78, 5) is 2.30. The second-order valence-electron chi connectivity index (χ2n) is 5.39. The van der Waals surface area contributed by atoms with E-state index in [0.29, 0.717) is 5.75 Å². The maximum atomic E-state index is 10.2. The molecule has 1 saturated heterocycles. The van der Waals surface area contributed by atoms with E-state index in [0.717, 1.165) is 39.5 Å². The summed E-state index contributed by atoms with van der Waals surface area (Å²) in [7, 11) is 0. The van der Waals surface area contributed by atoms with Crippen LogP contribution >= 0.6 is 24.0 Å². The number of thioether (sulfide) groups is 1. The zero-order valence-electron chi connectivity index (χ0n) is 11.9. The number of hydrogen-bond donors (Lipinski definition) is 1. The highest BCUT2D eigenvalue weighted by Crippen LogP contribution is 2.31. The van der Waals surface area contributed by atoms with Gasteiger partial charge in [-0.3, -0.25) is 0 Å². The van der Waals surface area contributed by atoms with Crippen LogP contribution in [-0.2, 0) is 5.75 Å².